The molecular weight excluding hydrogens is 394 g/mol. The fourth-order valence-corrected chi connectivity index (χ4v) is 3.94. The molecule has 3 rings (SSSR count). The molecule has 0 aliphatic carbocycles. The molecule has 6 nitrogen and oxygen atoms in total. The van der Waals surface area contributed by atoms with Gasteiger partial charge in [0.1, 0.15) is 10.6 Å². The fraction of sp³-hybridized carbons (Fsp3) is 0.125. The third-order valence-corrected chi connectivity index (χ3v) is 5.30. The molecule has 0 fully saturated rings. The van der Waals surface area contributed by atoms with E-state index in [-0.39, 0.29) is 10.7 Å². The number of hydrogen-bond acceptors (Lipinski definition) is 5. The number of sulfonamides is 1. The van der Waals surface area contributed by atoms with E-state index in [0.29, 0.717) is 11.3 Å². The first-order chi connectivity index (χ1) is 11.4. The summed E-state index contributed by atoms with van der Waals surface area (Å²) in [5.41, 5.74) is 1.30. The molecule has 1 aliphatic heterocycles. The van der Waals surface area contributed by atoms with Crippen molar-refractivity contribution in [1.82, 2.24) is 5.01 Å². The number of fused-ring (bicyclic) bond motifs is 1. The molecule has 0 saturated heterocycles. The Bertz CT molecular complexity index is 955. The highest BCUT2D eigenvalue weighted by Crippen LogP contribution is 2.27. The van der Waals surface area contributed by atoms with Crippen molar-refractivity contribution in [1.29, 1.82) is 0 Å². The standard InChI is InChI=1S/C16H14BrN3O3S/c1-20(18-10-11-9-12(17)7-8-14(11)23-2)16-13-5-3-4-6-15(13)24(21,22)19-16/h3-10H,1-2H3/b18-10-. The number of hydrogen-bond donors (Lipinski definition) is 0. The lowest BCUT2D eigenvalue weighted by atomic mass is 10.2. The highest BCUT2D eigenvalue weighted by Gasteiger charge is 2.30. The summed E-state index contributed by atoms with van der Waals surface area (Å²) in [6.07, 6.45) is 1.60. The Balaban J connectivity index is 1.94. The van der Waals surface area contributed by atoms with Crippen molar-refractivity contribution in [2.75, 3.05) is 14.2 Å². The second-order valence-electron chi connectivity index (χ2n) is 5.04. The van der Waals surface area contributed by atoms with Crippen molar-refractivity contribution >= 4 is 38.0 Å². The van der Waals surface area contributed by atoms with Crippen molar-refractivity contribution in [3.05, 3.63) is 58.1 Å². The Hall–Kier alpha value is -2.19. The lowest BCUT2D eigenvalue weighted by Gasteiger charge is -2.13. The Morgan fingerprint density at radius 1 is 1.25 bits per heavy atom. The van der Waals surface area contributed by atoms with E-state index in [9.17, 15) is 8.42 Å². The molecule has 24 heavy (non-hydrogen) atoms. The summed E-state index contributed by atoms with van der Waals surface area (Å²) in [5.74, 6) is 0.951. The summed E-state index contributed by atoms with van der Waals surface area (Å²) in [7, 11) is -0.434. The van der Waals surface area contributed by atoms with Gasteiger partial charge in [0.25, 0.3) is 10.0 Å². The second-order valence-corrected chi connectivity index (χ2v) is 7.53. The number of benzene rings is 2. The Morgan fingerprint density at radius 2 is 2.00 bits per heavy atom. The zero-order chi connectivity index (χ0) is 17.3. The van der Waals surface area contributed by atoms with Crippen molar-refractivity contribution in [3.8, 4) is 5.75 Å². The van der Waals surface area contributed by atoms with Gasteiger partial charge in [-0.25, -0.2) is 5.01 Å². The Kier molecular flexibility index (Phi) is 4.42. The van der Waals surface area contributed by atoms with Crippen LogP contribution in [-0.4, -0.2) is 39.6 Å². The van der Waals surface area contributed by atoms with Crippen LogP contribution in [0.25, 0.3) is 0 Å². The van der Waals surface area contributed by atoms with Crippen LogP contribution < -0.4 is 4.74 Å². The number of nitrogens with zero attached hydrogens (tertiary/aromatic N) is 3. The maximum absolute atomic E-state index is 12.1. The predicted octanol–water partition coefficient (Wildman–Crippen LogP) is 2.87. The topological polar surface area (TPSA) is 71.3 Å². The first-order valence-corrected chi connectivity index (χ1v) is 9.21. The van der Waals surface area contributed by atoms with E-state index in [0.717, 1.165) is 10.0 Å². The molecule has 2 aromatic carbocycles. The van der Waals surface area contributed by atoms with Gasteiger partial charge in [-0.05, 0) is 30.3 Å². The first kappa shape index (κ1) is 16.7. The molecule has 1 aliphatic rings. The summed E-state index contributed by atoms with van der Waals surface area (Å²) < 4.78 is 34.2. The molecule has 0 atom stereocenters. The number of rotatable bonds is 3. The monoisotopic (exact) mass is 407 g/mol. The summed E-state index contributed by atoms with van der Waals surface area (Å²) in [6.45, 7) is 0. The van der Waals surface area contributed by atoms with E-state index in [1.807, 2.05) is 18.2 Å². The average molecular weight is 408 g/mol. The van der Waals surface area contributed by atoms with E-state index in [4.69, 9.17) is 4.74 Å². The maximum Gasteiger partial charge on any atom is 0.285 e. The van der Waals surface area contributed by atoms with E-state index in [1.165, 1.54) is 11.1 Å². The SMILES string of the molecule is COc1ccc(Br)cc1/C=N\N(C)C1=NS(=O)(=O)c2ccccc21. The van der Waals surface area contributed by atoms with Gasteiger partial charge in [-0.15, -0.1) is 4.40 Å². The van der Waals surface area contributed by atoms with Crippen molar-refractivity contribution < 1.29 is 13.2 Å². The molecule has 2 aromatic rings. The Morgan fingerprint density at radius 3 is 2.75 bits per heavy atom. The first-order valence-electron chi connectivity index (χ1n) is 6.98. The van der Waals surface area contributed by atoms with Crippen molar-refractivity contribution in [2.24, 2.45) is 9.50 Å². The minimum absolute atomic E-state index is 0.196. The minimum atomic E-state index is -3.66. The number of methoxy groups -OCH3 is 1. The van der Waals surface area contributed by atoms with Gasteiger partial charge in [-0.3, -0.25) is 0 Å². The Labute approximate surface area is 148 Å². The fourth-order valence-electron chi connectivity index (χ4n) is 2.33. The lowest BCUT2D eigenvalue weighted by molar-refractivity contribution is 0.414. The van der Waals surface area contributed by atoms with Crippen LogP contribution >= 0.6 is 15.9 Å². The maximum atomic E-state index is 12.1. The molecule has 0 unspecified atom stereocenters. The number of halogens is 1. The van der Waals surface area contributed by atoms with Gasteiger partial charge in [-0.2, -0.15) is 13.5 Å². The zero-order valence-corrected chi connectivity index (χ0v) is 15.4. The van der Waals surface area contributed by atoms with Crippen LogP contribution in [0.5, 0.6) is 5.75 Å². The van der Waals surface area contributed by atoms with Gasteiger partial charge < -0.3 is 4.74 Å². The third kappa shape index (κ3) is 3.07. The van der Waals surface area contributed by atoms with Crippen LogP contribution in [0.4, 0.5) is 0 Å². The van der Waals surface area contributed by atoms with Crippen molar-refractivity contribution in [2.45, 2.75) is 4.90 Å². The molecule has 0 amide bonds. The van der Waals surface area contributed by atoms with Gasteiger partial charge in [0, 0.05) is 22.6 Å². The third-order valence-electron chi connectivity index (χ3n) is 3.48. The van der Waals surface area contributed by atoms with Gasteiger partial charge in [0.05, 0.1) is 13.3 Å². The van der Waals surface area contributed by atoms with Gasteiger partial charge in [0.15, 0.2) is 5.84 Å². The largest absolute Gasteiger partial charge is 0.496 e. The van der Waals surface area contributed by atoms with Crippen LogP contribution in [0.3, 0.4) is 0 Å². The summed E-state index contributed by atoms with van der Waals surface area (Å²) in [6, 6.07) is 12.2. The van der Waals surface area contributed by atoms with E-state index in [2.05, 4.69) is 25.4 Å². The van der Waals surface area contributed by atoms with Gasteiger partial charge in [-0.1, -0.05) is 28.1 Å². The second kappa shape index (κ2) is 6.37. The van der Waals surface area contributed by atoms with Crippen molar-refractivity contribution in [3.63, 3.8) is 0 Å². The summed E-state index contributed by atoms with van der Waals surface area (Å²) >= 11 is 3.40. The van der Waals surface area contributed by atoms with Crippen LogP contribution in [0, 0.1) is 0 Å². The molecule has 0 N–H and O–H groups in total. The number of hydrazone groups is 1. The van der Waals surface area contributed by atoms with Gasteiger partial charge in [0.2, 0.25) is 0 Å². The van der Waals surface area contributed by atoms with E-state index in [1.54, 1.807) is 38.6 Å². The molecule has 0 bridgehead atoms. The normalized spacial score (nSPS) is 15.2. The number of amidine groups is 1. The van der Waals surface area contributed by atoms with Crippen LogP contribution in [-0.2, 0) is 10.0 Å². The molecule has 0 radical (unpaired) electrons. The molecule has 124 valence electrons. The molecule has 8 heteroatoms. The van der Waals surface area contributed by atoms with Crippen LogP contribution in [0.2, 0.25) is 0 Å². The molecule has 1 heterocycles. The molecule has 0 aromatic heterocycles. The number of ether oxygens (including phenoxy) is 1. The smallest absolute Gasteiger partial charge is 0.285 e. The highest BCUT2D eigenvalue weighted by atomic mass is 79.9. The lowest BCUT2D eigenvalue weighted by Crippen LogP contribution is -2.21. The quantitative estimate of drug-likeness (QED) is 0.579. The molecule has 0 saturated carbocycles. The van der Waals surface area contributed by atoms with E-state index >= 15 is 0 Å². The zero-order valence-electron chi connectivity index (χ0n) is 13.0. The predicted molar refractivity (Wildman–Crippen MR) is 96.2 cm³/mol. The van der Waals surface area contributed by atoms with Crippen LogP contribution in [0.15, 0.2) is 61.3 Å². The van der Waals surface area contributed by atoms with Gasteiger partial charge >= 0.3 is 0 Å². The summed E-state index contributed by atoms with van der Waals surface area (Å²) in [5, 5.41) is 5.74. The van der Waals surface area contributed by atoms with E-state index < -0.39 is 10.0 Å². The minimum Gasteiger partial charge on any atom is -0.496 e. The molecular formula is C16H14BrN3O3S. The summed E-state index contributed by atoms with van der Waals surface area (Å²) in [4.78, 5) is 0.196. The average Bonchev–Trinajstić information content (AvgIpc) is 2.85. The highest BCUT2D eigenvalue weighted by molar-refractivity contribution is 9.10. The van der Waals surface area contributed by atoms with Crippen LogP contribution in [0.1, 0.15) is 11.1 Å². The molecule has 0 spiro atoms.